The number of methoxy groups -OCH3 is 1. The summed E-state index contributed by atoms with van der Waals surface area (Å²) in [6, 6.07) is 10.6. The van der Waals surface area contributed by atoms with Gasteiger partial charge in [-0.1, -0.05) is 18.2 Å². The minimum absolute atomic E-state index is 0.0380. The van der Waals surface area contributed by atoms with Gasteiger partial charge in [0.1, 0.15) is 5.75 Å². The lowest BCUT2D eigenvalue weighted by atomic mass is 10.1. The molecule has 2 aromatic carbocycles. The topological polar surface area (TPSA) is 70.6 Å². The van der Waals surface area contributed by atoms with Crippen molar-refractivity contribution < 1.29 is 27.8 Å². The van der Waals surface area contributed by atoms with Crippen molar-refractivity contribution in [3.63, 3.8) is 0 Å². The molecule has 8 heteroatoms. The van der Waals surface area contributed by atoms with Crippen LogP contribution in [0.15, 0.2) is 48.5 Å². The Morgan fingerprint density at radius 1 is 1.17 bits per heavy atom. The first-order valence-electron chi connectivity index (χ1n) is 6.86. The molecule has 24 heavy (non-hydrogen) atoms. The van der Waals surface area contributed by atoms with Crippen molar-refractivity contribution in [2.24, 2.45) is 0 Å². The minimum Gasteiger partial charge on any atom is -0.497 e. The highest BCUT2D eigenvalue weighted by atomic mass is 19.4. The van der Waals surface area contributed by atoms with Crippen molar-refractivity contribution in [3.8, 4) is 5.75 Å². The van der Waals surface area contributed by atoms with Gasteiger partial charge in [-0.2, -0.15) is 13.2 Å². The summed E-state index contributed by atoms with van der Waals surface area (Å²) in [6.45, 7) is 0. The number of carbonyl (C=O) groups excluding carboxylic acids is 1. The van der Waals surface area contributed by atoms with Gasteiger partial charge in [0.25, 0.3) is 5.91 Å². The van der Waals surface area contributed by atoms with E-state index in [-0.39, 0.29) is 11.3 Å². The average molecular weight is 340 g/mol. The van der Waals surface area contributed by atoms with Crippen LogP contribution in [0.4, 0.5) is 18.9 Å². The molecule has 0 bridgehead atoms. The first-order chi connectivity index (χ1) is 11.3. The van der Waals surface area contributed by atoms with E-state index in [0.717, 1.165) is 12.1 Å². The van der Waals surface area contributed by atoms with Crippen LogP contribution in [0.1, 0.15) is 17.2 Å². The Bertz CT molecular complexity index is 720. The number of hydrogen-bond acceptors (Lipinski definition) is 4. The number of amides is 1. The molecule has 1 unspecified atom stereocenters. The number of anilines is 1. The van der Waals surface area contributed by atoms with Gasteiger partial charge in [-0.3, -0.25) is 15.6 Å². The number of nitrogens with one attached hydrogen (secondary N) is 2. The van der Waals surface area contributed by atoms with E-state index in [1.165, 1.54) is 31.4 Å². The fourth-order valence-corrected chi connectivity index (χ4v) is 1.94. The molecule has 128 valence electrons. The predicted molar refractivity (Wildman–Crippen MR) is 81.2 cm³/mol. The molecule has 0 aliphatic heterocycles. The van der Waals surface area contributed by atoms with Crippen molar-refractivity contribution >= 4 is 11.6 Å². The van der Waals surface area contributed by atoms with E-state index < -0.39 is 23.8 Å². The largest absolute Gasteiger partial charge is 0.497 e. The van der Waals surface area contributed by atoms with E-state index in [4.69, 9.17) is 4.74 Å². The van der Waals surface area contributed by atoms with Gasteiger partial charge >= 0.3 is 6.18 Å². The zero-order valence-corrected chi connectivity index (χ0v) is 12.6. The van der Waals surface area contributed by atoms with E-state index in [2.05, 4.69) is 10.9 Å². The van der Waals surface area contributed by atoms with Crippen LogP contribution in [0.5, 0.6) is 5.75 Å². The molecule has 0 radical (unpaired) electrons. The lowest BCUT2D eigenvalue weighted by Crippen LogP contribution is -2.34. The number of carbonyl (C=O) groups is 1. The molecule has 3 N–H and O–H groups in total. The Morgan fingerprint density at radius 2 is 1.88 bits per heavy atom. The summed E-state index contributed by atoms with van der Waals surface area (Å²) in [5, 5.41) is 9.98. The van der Waals surface area contributed by atoms with Crippen molar-refractivity contribution in [1.82, 2.24) is 5.43 Å². The molecule has 1 amide bonds. The van der Waals surface area contributed by atoms with E-state index in [1.54, 1.807) is 12.1 Å². The van der Waals surface area contributed by atoms with E-state index >= 15 is 0 Å². The molecule has 0 aliphatic rings. The maximum absolute atomic E-state index is 12.6. The zero-order chi connectivity index (χ0) is 17.7. The van der Waals surface area contributed by atoms with Gasteiger partial charge in [0.05, 0.1) is 18.4 Å². The molecule has 0 aromatic heterocycles. The normalized spacial score (nSPS) is 12.4. The molecule has 0 saturated carbocycles. The number of halogens is 3. The SMILES string of the molecule is COc1cccc(C(O)C(=O)NNc2cccc(C(F)(F)F)c2)c1. The molecule has 2 rings (SSSR count). The molecule has 2 aromatic rings. The third-order valence-electron chi connectivity index (χ3n) is 3.18. The monoisotopic (exact) mass is 340 g/mol. The van der Waals surface area contributed by atoms with Crippen LogP contribution < -0.4 is 15.6 Å². The highest BCUT2D eigenvalue weighted by Crippen LogP contribution is 2.30. The summed E-state index contributed by atoms with van der Waals surface area (Å²) in [5.74, 6) is -0.356. The van der Waals surface area contributed by atoms with Crippen LogP contribution in [-0.2, 0) is 11.0 Å². The van der Waals surface area contributed by atoms with E-state index in [9.17, 15) is 23.1 Å². The standard InChI is InChI=1S/C16H15F3N2O3/c1-24-13-7-2-4-10(8-13)14(22)15(23)21-20-12-6-3-5-11(9-12)16(17,18)19/h2-9,14,20,22H,1H3,(H,21,23). The van der Waals surface area contributed by atoms with Gasteiger partial charge < -0.3 is 9.84 Å². The fourth-order valence-electron chi connectivity index (χ4n) is 1.94. The second kappa shape index (κ2) is 7.22. The number of hydrogen-bond donors (Lipinski definition) is 3. The lowest BCUT2D eigenvalue weighted by Gasteiger charge is -2.15. The quantitative estimate of drug-likeness (QED) is 0.732. The van der Waals surface area contributed by atoms with Gasteiger partial charge in [0, 0.05) is 0 Å². The molecule has 0 fully saturated rings. The zero-order valence-electron chi connectivity index (χ0n) is 12.6. The number of hydrazine groups is 1. The molecule has 1 atom stereocenters. The second-order valence-corrected chi connectivity index (χ2v) is 4.87. The Labute approximate surface area is 136 Å². The van der Waals surface area contributed by atoms with E-state index in [1.807, 2.05) is 0 Å². The number of aliphatic hydroxyl groups is 1. The van der Waals surface area contributed by atoms with Gasteiger partial charge in [0.2, 0.25) is 0 Å². The summed E-state index contributed by atoms with van der Waals surface area (Å²) in [4.78, 5) is 11.9. The lowest BCUT2D eigenvalue weighted by molar-refractivity contribution is -0.137. The molecule has 0 spiro atoms. The van der Waals surface area contributed by atoms with Gasteiger partial charge in [-0.25, -0.2) is 0 Å². The Kier molecular flexibility index (Phi) is 5.30. The van der Waals surface area contributed by atoms with Crippen molar-refractivity contribution in [2.45, 2.75) is 12.3 Å². The Morgan fingerprint density at radius 3 is 2.54 bits per heavy atom. The number of rotatable bonds is 5. The van der Waals surface area contributed by atoms with E-state index in [0.29, 0.717) is 5.75 Å². The Balaban J connectivity index is 2.02. The first kappa shape index (κ1) is 17.6. The van der Waals surface area contributed by atoms with Crippen molar-refractivity contribution in [1.29, 1.82) is 0 Å². The molecular weight excluding hydrogens is 325 g/mol. The molecule has 5 nitrogen and oxygen atoms in total. The molecular formula is C16H15F3N2O3. The van der Waals surface area contributed by atoms with Gasteiger partial charge in [0.15, 0.2) is 6.10 Å². The number of alkyl halides is 3. The van der Waals surface area contributed by atoms with Crippen LogP contribution >= 0.6 is 0 Å². The van der Waals surface area contributed by atoms with Gasteiger partial charge in [-0.05, 0) is 35.9 Å². The van der Waals surface area contributed by atoms with Crippen LogP contribution in [0, 0.1) is 0 Å². The number of aliphatic hydroxyl groups excluding tert-OH is 1. The minimum atomic E-state index is -4.48. The summed E-state index contributed by atoms with van der Waals surface area (Å²) in [6.07, 6.45) is -5.99. The second-order valence-electron chi connectivity index (χ2n) is 4.87. The van der Waals surface area contributed by atoms with Gasteiger partial charge in [-0.15, -0.1) is 0 Å². The third-order valence-corrected chi connectivity index (χ3v) is 3.18. The van der Waals surface area contributed by atoms with Crippen LogP contribution in [0.3, 0.4) is 0 Å². The average Bonchev–Trinajstić information content (AvgIpc) is 2.58. The summed E-state index contributed by atoms with van der Waals surface area (Å²) in [5.41, 5.74) is 3.99. The first-order valence-corrected chi connectivity index (χ1v) is 6.86. The van der Waals surface area contributed by atoms with Crippen molar-refractivity contribution in [2.75, 3.05) is 12.5 Å². The molecule has 0 aliphatic carbocycles. The fraction of sp³-hybridized carbons (Fsp3) is 0.188. The Hall–Kier alpha value is -2.74. The smallest absolute Gasteiger partial charge is 0.416 e. The number of benzene rings is 2. The summed E-state index contributed by atoms with van der Waals surface area (Å²) >= 11 is 0. The molecule has 0 saturated heterocycles. The highest BCUT2D eigenvalue weighted by molar-refractivity contribution is 5.83. The summed E-state index contributed by atoms with van der Waals surface area (Å²) in [7, 11) is 1.45. The third kappa shape index (κ3) is 4.39. The van der Waals surface area contributed by atoms with Crippen LogP contribution in [0.25, 0.3) is 0 Å². The highest BCUT2D eigenvalue weighted by Gasteiger charge is 2.30. The van der Waals surface area contributed by atoms with Crippen molar-refractivity contribution in [3.05, 3.63) is 59.7 Å². The maximum Gasteiger partial charge on any atom is 0.416 e. The number of ether oxygens (including phenoxy) is 1. The maximum atomic E-state index is 12.6. The summed E-state index contributed by atoms with van der Waals surface area (Å²) < 4.78 is 42.9. The predicted octanol–water partition coefficient (Wildman–Crippen LogP) is 2.89. The molecule has 0 heterocycles. The van der Waals surface area contributed by atoms with Crippen LogP contribution in [-0.4, -0.2) is 18.1 Å². The van der Waals surface area contributed by atoms with Crippen LogP contribution in [0.2, 0.25) is 0 Å².